The number of carbonyl (C=O) groups is 1. The Balaban J connectivity index is 1.77. The SMILES string of the molecule is O=C(NCCCc1ccccc1)c1cccnc1Cl. The lowest BCUT2D eigenvalue weighted by atomic mass is 10.1. The van der Waals surface area contributed by atoms with E-state index in [2.05, 4.69) is 22.4 Å². The molecule has 0 spiro atoms. The molecule has 0 aliphatic rings. The minimum Gasteiger partial charge on any atom is -0.352 e. The van der Waals surface area contributed by atoms with E-state index in [1.807, 2.05) is 18.2 Å². The van der Waals surface area contributed by atoms with Gasteiger partial charge in [-0.25, -0.2) is 4.98 Å². The second-order valence-electron chi connectivity index (χ2n) is 4.19. The first kappa shape index (κ1) is 13.6. The fraction of sp³-hybridized carbons (Fsp3) is 0.200. The molecule has 3 nitrogen and oxygen atoms in total. The average molecular weight is 275 g/mol. The highest BCUT2D eigenvalue weighted by Crippen LogP contribution is 2.11. The Bertz CT molecular complexity index is 543. The van der Waals surface area contributed by atoms with Gasteiger partial charge in [-0.1, -0.05) is 41.9 Å². The molecule has 1 N–H and O–H groups in total. The highest BCUT2D eigenvalue weighted by Gasteiger charge is 2.09. The molecule has 98 valence electrons. The van der Waals surface area contributed by atoms with Crippen molar-refractivity contribution < 1.29 is 4.79 Å². The molecule has 1 amide bonds. The lowest BCUT2D eigenvalue weighted by Gasteiger charge is -2.06. The predicted molar refractivity (Wildman–Crippen MR) is 76.3 cm³/mol. The topological polar surface area (TPSA) is 42.0 Å². The first-order valence-electron chi connectivity index (χ1n) is 6.20. The Morgan fingerprint density at radius 2 is 1.95 bits per heavy atom. The van der Waals surface area contributed by atoms with Crippen LogP contribution < -0.4 is 5.32 Å². The summed E-state index contributed by atoms with van der Waals surface area (Å²) in [5.41, 5.74) is 1.69. The van der Waals surface area contributed by atoms with E-state index in [1.54, 1.807) is 18.3 Å². The normalized spacial score (nSPS) is 10.2. The summed E-state index contributed by atoms with van der Waals surface area (Å²) in [6, 6.07) is 13.6. The average Bonchev–Trinajstić information content (AvgIpc) is 2.45. The zero-order chi connectivity index (χ0) is 13.5. The maximum Gasteiger partial charge on any atom is 0.254 e. The fourth-order valence-corrected chi connectivity index (χ4v) is 1.99. The standard InChI is InChI=1S/C15H15ClN2O/c16-14-13(9-5-10-17-14)15(19)18-11-4-8-12-6-2-1-3-7-12/h1-3,5-7,9-10H,4,8,11H2,(H,18,19). The molecule has 0 saturated carbocycles. The van der Waals surface area contributed by atoms with Crippen molar-refractivity contribution in [1.29, 1.82) is 0 Å². The van der Waals surface area contributed by atoms with Crippen molar-refractivity contribution in [2.24, 2.45) is 0 Å². The van der Waals surface area contributed by atoms with E-state index in [0.29, 0.717) is 12.1 Å². The summed E-state index contributed by atoms with van der Waals surface area (Å²) in [7, 11) is 0. The van der Waals surface area contributed by atoms with Gasteiger partial charge in [0, 0.05) is 12.7 Å². The van der Waals surface area contributed by atoms with Crippen LogP contribution in [0.25, 0.3) is 0 Å². The van der Waals surface area contributed by atoms with E-state index >= 15 is 0 Å². The van der Waals surface area contributed by atoms with Gasteiger partial charge >= 0.3 is 0 Å². The number of pyridine rings is 1. The number of hydrogen-bond acceptors (Lipinski definition) is 2. The lowest BCUT2D eigenvalue weighted by Crippen LogP contribution is -2.25. The van der Waals surface area contributed by atoms with Crippen molar-refractivity contribution in [2.45, 2.75) is 12.8 Å². The maximum absolute atomic E-state index is 11.8. The summed E-state index contributed by atoms with van der Waals surface area (Å²) in [5.74, 6) is -0.175. The van der Waals surface area contributed by atoms with Gasteiger partial charge in [0.05, 0.1) is 5.56 Å². The maximum atomic E-state index is 11.8. The number of aromatic nitrogens is 1. The van der Waals surface area contributed by atoms with Crippen molar-refractivity contribution in [3.05, 3.63) is 64.9 Å². The molecule has 2 aromatic rings. The number of hydrogen-bond donors (Lipinski definition) is 1. The van der Waals surface area contributed by atoms with Gasteiger partial charge in [0.2, 0.25) is 0 Å². The third-order valence-electron chi connectivity index (χ3n) is 2.77. The largest absolute Gasteiger partial charge is 0.352 e. The summed E-state index contributed by atoms with van der Waals surface area (Å²) in [6.45, 7) is 0.624. The van der Waals surface area contributed by atoms with Gasteiger partial charge in [-0.2, -0.15) is 0 Å². The Labute approximate surface area is 117 Å². The number of halogens is 1. The minimum atomic E-state index is -0.175. The van der Waals surface area contributed by atoms with Crippen molar-refractivity contribution >= 4 is 17.5 Å². The number of amides is 1. The number of carbonyl (C=O) groups excluding carboxylic acids is 1. The van der Waals surface area contributed by atoms with Gasteiger partial charge < -0.3 is 5.32 Å². The Morgan fingerprint density at radius 1 is 1.16 bits per heavy atom. The number of nitrogens with one attached hydrogen (secondary N) is 1. The first-order chi connectivity index (χ1) is 9.27. The summed E-state index contributed by atoms with van der Waals surface area (Å²) < 4.78 is 0. The third-order valence-corrected chi connectivity index (χ3v) is 3.08. The summed E-state index contributed by atoms with van der Waals surface area (Å²) in [6.07, 6.45) is 3.41. The van der Waals surface area contributed by atoms with Gasteiger partial charge in [0.25, 0.3) is 5.91 Å². The van der Waals surface area contributed by atoms with E-state index in [4.69, 9.17) is 11.6 Å². The molecule has 0 bridgehead atoms. The molecule has 19 heavy (non-hydrogen) atoms. The van der Waals surface area contributed by atoms with E-state index in [-0.39, 0.29) is 11.1 Å². The first-order valence-corrected chi connectivity index (χ1v) is 6.58. The Morgan fingerprint density at radius 3 is 2.68 bits per heavy atom. The van der Waals surface area contributed by atoms with E-state index < -0.39 is 0 Å². The number of rotatable bonds is 5. The molecular formula is C15H15ClN2O. The number of nitrogens with zero attached hydrogens (tertiary/aromatic N) is 1. The molecule has 0 unspecified atom stereocenters. The van der Waals surface area contributed by atoms with Crippen LogP contribution in [0.4, 0.5) is 0 Å². The second-order valence-corrected chi connectivity index (χ2v) is 4.54. The van der Waals surface area contributed by atoms with E-state index in [1.165, 1.54) is 5.56 Å². The lowest BCUT2D eigenvalue weighted by molar-refractivity contribution is 0.0953. The van der Waals surface area contributed by atoms with Gasteiger partial charge in [-0.05, 0) is 30.5 Å². The summed E-state index contributed by atoms with van der Waals surface area (Å²) >= 11 is 5.86. The molecule has 2 rings (SSSR count). The Hall–Kier alpha value is -1.87. The number of aryl methyl sites for hydroxylation is 1. The van der Waals surface area contributed by atoms with Crippen LogP contribution in [0.2, 0.25) is 5.15 Å². The molecule has 0 atom stereocenters. The van der Waals surface area contributed by atoms with Gasteiger partial charge in [0.15, 0.2) is 0 Å². The smallest absolute Gasteiger partial charge is 0.254 e. The van der Waals surface area contributed by atoms with Gasteiger partial charge in [-0.15, -0.1) is 0 Å². The monoisotopic (exact) mass is 274 g/mol. The zero-order valence-electron chi connectivity index (χ0n) is 10.5. The molecule has 0 fully saturated rings. The molecule has 4 heteroatoms. The molecule has 0 saturated heterocycles. The summed E-state index contributed by atoms with van der Waals surface area (Å²) in [4.78, 5) is 15.7. The predicted octanol–water partition coefficient (Wildman–Crippen LogP) is 3.10. The van der Waals surface area contributed by atoms with Crippen LogP contribution in [0.5, 0.6) is 0 Å². The van der Waals surface area contributed by atoms with Crippen molar-refractivity contribution in [3.8, 4) is 0 Å². The van der Waals surface area contributed by atoms with Crippen LogP contribution in [-0.2, 0) is 6.42 Å². The molecule has 1 aromatic carbocycles. The summed E-state index contributed by atoms with van der Waals surface area (Å²) in [5, 5.41) is 3.09. The molecular weight excluding hydrogens is 260 g/mol. The Kier molecular flexibility index (Phi) is 4.93. The van der Waals surface area contributed by atoms with Crippen molar-refractivity contribution in [1.82, 2.24) is 10.3 Å². The van der Waals surface area contributed by atoms with Gasteiger partial charge in [0.1, 0.15) is 5.15 Å². The quantitative estimate of drug-likeness (QED) is 0.672. The molecule has 0 radical (unpaired) electrons. The van der Waals surface area contributed by atoms with Crippen LogP contribution in [0.3, 0.4) is 0 Å². The zero-order valence-corrected chi connectivity index (χ0v) is 11.2. The molecule has 0 aliphatic heterocycles. The van der Waals surface area contributed by atoms with Crippen LogP contribution in [0.15, 0.2) is 48.7 Å². The van der Waals surface area contributed by atoms with Crippen molar-refractivity contribution in [2.75, 3.05) is 6.54 Å². The van der Waals surface area contributed by atoms with Crippen molar-refractivity contribution in [3.63, 3.8) is 0 Å². The van der Waals surface area contributed by atoms with Gasteiger partial charge in [-0.3, -0.25) is 4.79 Å². The third kappa shape index (κ3) is 4.07. The van der Waals surface area contributed by atoms with E-state index in [9.17, 15) is 4.79 Å². The van der Waals surface area contributed by atoms with Crippen LogP contribution >= 0.6 is 11.6 Å². The van der Waals surface area contributed by atoms with Crippen LogP contribution in [0.1, 0.15) is 22.3 Å². The highest BCUT2D eigenvalue weighted by atomic mass is 35.5. The second kappa shape index (κ2) is 6.90. The number of benzene rings is 1. The molecule has 1 heterocycles. The van der Waals surface area contributed by atoms with Crippen LogP contribution in [-0.4, -0.2) is 17.4 Å². The molecule has 0 aliphatic carbocycles. The highest BCUT2D eigenvalue weighted by molar-refractivity contribution is 6.32. The van der Waals surface area contributed by atoms with Crippen LogP contribution in [0, 0.1) is 0 Å². The molecule has 1 aromatic heterocycles. The fourth-order valence-electron chi connectivity index (χ4n) is 1.79. The minimum absolute atomic E-state index is 0.175. The van der Waals surface area contributed by atoms with E-state index in [0.717, 1.165) is 12.8 Å².